The SMILES string of the molecule is CC(Br)C(=O)Nc1cc2c(cc1C(=O)c1ccccc1)OCCO2. The van der Waals surface area contributed by atoms with Gasteiger partial charge in [-0.1, -0.05) is 46.3 Å². The molecule has 24 heavy (non-hydrogen) atoms. The highest BCUT2D eigenvalue weighted by Gasteiger charge is 2.22. The van der Waals surface area contributed by atoms with Gasteiger partial charge in [-0.05, 0) is 13.0 Å². The van der Waals surface area contributed by atoms with Gasteiger partial charge in [0.25, 0.3) is 0 Å². The van der Waals surface area contributed by atoms with Gasteiger partial charge in [-0.3, -0.25) is 9.59 Å². The van der Waals surface area contributed by atoms with Crippen molar-refractivity contribution in [2.24, 2.45) is 0 Å². The van der Waals surface area contributed by atoms with E-state index in [1.165, 1.54) is 0 Å². The van der Waals surface area contributed by atoms with Gasteiger partial charge in [-0.2, -0.15) is 0 Å². The quantitative estimate of drug-likeness (QED) is 0.642. The molecule has 0 spiro atoms. The predicted molar refractivity (Wildman–Crippen MR) is 94.3 cm³/mol. The molecule has 0 fully saturated rings. The molecular weight excluding hydrogens is 374 g/mol. The topological polar surface area (TPSA) is 64.6 Å². The zero-order chi connectivity index (χ0) is 17.1. The first-order valence-corrected chi connectivity index (χ1v) is 8.46. The molecule has 0 saturated carbocycles. The van der Waals surface area contributed by atoms with Gasteiger partial charge in [0.15, 0.2) is 17.3 Å². The molecule has 5 nitrogen and oxygen atoms in total. The Morgan fingerprint density at radius 3 is 2.33 bits per heavy atom. The minimum Gasteiger partial charge on any atom is -0.486 e. The third-order valence-electron chi connectivity index (χ3n) is 3.58. The summed E-state index contributed by atoms with van der Waals surface area (Å²) in [4.78, 5) is 24.5. The second-order valence-corrected chi connectivity index (χ2v) is 6.72. The first-order valence-electron chi connectivity index (χ1n) is 7.54. The van der Waals surface area contributed by atoms with E-state index in [1.807, 2.05) is 6.07 Å². The Morgan fingerprint density at radius 1 is 1.08 bits per heavy atom. The highest BCUT2D eigenvalue weighted by atomic mass is 79.9. The third kappa shape index (κ3) is 3.43. The minimum atomic E-state index is -0.384. The Bertz CT molecular complexity index is 774. The molecule has 0 aromatic heterocycles. The summed E-state index contributed by atoms with van der Waals surface area (Å²) in [6, 6.07) is 12.2. The lowest BCUT2D eigenvalue weighted by molar-refractivity contribution is -0.115. The summed E-state index contributed by atoms with van der Waals surface area (Å²) in [5.41, 5.74) is 1.31. The molecule has 2 aromatic rings. The predicted octanol–water partition coefficient (Wildman–Crippen LogP) is 3.41. The molecule has 1 aliphatic heterocycles. The standard InChI is InChI=1S/C18H16BrNO4/c1-11(19)18(22)20-14-10-16-15(23-7-8-24-16)9-13(14)17(21)12-5-3-2-4-6-12/h2-6,9-11H,7-8H2,1H3,(H,20,22). The summed E-state index contributed by atoms with van der Waals surface area (Å²) in [7, 11) is 0. The van der Waals surface area contributed by atoms with Crippen molar-refractivity contribution < 1.29 is 19.1 Å². The van der Waals surface area contributed by atoms with Crippen molar-refractivity contribution in [2.45, 2.75) is 11.8 Å². The van der Waals surface area contributed by atoms with E-state index < -0.39 is 0 Å². The van der Waals surface area contributed by atoms with Crippen LogP contribution in [-0.2, 0) is 4.79 Å². The number of alkyl halides is 1. The molecule has 3 rings (SSSR count). The number of ether oxygens (including phenoxy) is 2. The number of amides is 1. The van der Waals surface area contributed by atoms with Crippen molar-refractivity contribution >= 4 is 33.3 Å². The van der Waals surface area contributed by atoms with Gasteiger partial charge in [0.2, 0.25) is 5.91 Å². The fourth-order valence-electron chi connectivity index (χ4n) is 2.36. The van der Waals surface area contributed by atoms with Crippen molar-refractivity contribution in [3.63, 3.8) is 0 Å². The molecule has 0 saturated heterocycles. The van der Waals surface area contributed by atoms with E-state index in [-0.39, 0.29) is 16.5 Å². The first kappa shape index (κ1) is 16.5. The molecule has 1 unspecified atom stereocenters. The Morgan fingerprint density at radius 2 is 1.71 bits per heavy atom. The lowest BCUT2D eigenvalue weighted by atomic mass is 10.0. The maximum absolute atomic E-state index is 12.8. The van der Waals surface area contributed by atoms with E-state index in [1.54, 1.807) is 43.3 Å². The van der Waals surface area contributed by atoms with Gasteiger partial charge in [-0.25, -0.2) is 0 Å². The van der Waals surface area contributed by atoms with Crippen LogP contribution >= 0.6 is 15.9 Å². The molecule has 1 N–H and O–H groups in total. The van der Waals surface area contributed by atoms with Gasteiger partial charge in [-0.15, -0.1) is 0 Å². The fraction of sp³-hybridized carbons (Fsp3) is 0.222. The largest absolute Gasteiger partial charge is 0.486 e. The molecule has 1 amide bonds. The molecule has 6 heteroatoms. The van der Waals surface area contributed by atoms with E-state index in [0.29, 0.717) is 41.5 Å². The van der Waals surface area contributed by atoms with Gasteiger partial charge in [0.1, 0.15) is 13.2 Å². The fourth-order valence-corrected chi connectivity index (χ4v) is 2.47. The Hall–Kier alpha value is -2.34. The Labute approximate surface area is 148 Å². The number of halogens is 1. The number of ketones is 1. The highest BCUT2D eigenvalue weighted by molar-refractivity contribution is 9.10. The van der Waals surface area contributed by atoms with E-state index in [4.69, 9.17) is 9.47 Å². The highest BCUT2D eigenvalue weighted by Crippen LogP contribution is 2.36. The monoisotopic (exact) mass is 389 g/mol. The van der Waals surface area contributed by atoms with Crippen LogP contribution in [0.15, 0.2) is 42.5 Å². The average Bonchev–Trinajstić information content (AvgIpc) is 2.61. The average molecular weight is 390 g/mol. The van der Waals surface area contributed by atoms with Crippen LogP contribution in [-0.4, -0.2) is 29.7 Å². The summed E-state index contributed by atoms with van der Waals surface area (Å²) in [5.74, 6) is 0.590. The summed E-state index contributed by atoms with van der Waals surface area (Å²) < 4.78 is 11.1. The van der Waals surface area contributed by atoms with Crippen LogP contribution in [0, 0.1) is 0 Å². The maximum Gasteiger partial charge on any atom is 0.237 e. The van der Waals surface area contributed by atoms with Crippen LogP contribution in [0.1, 0.15) is 22.8 Å². The van der Waals surface area contributed by atoms with Crippen LogP contribution in [0.3, 0.4) is 0 Å². The zero-order valence-electron chi connectivity index (χ0n) is 13.0. The van der Waals surface area contributed by atoms with Crippen LogP contribution in [0.25, 0.3) is 0 Å². The van der Waals surface area contributed by atoms with Crippen molar-refractivity contribution in [2.75, 3.05) is 18.5 Å². The molecular formula is C18H16BrNO4. The van der Waals surface area contributed by atoms with Crippen molar-refractivity contribution in [3.8, 4) is 11.5 Å². The number of fused-ring (bicyclic) bond motifs is 1. The molecule has 0 aliphatic carbocycles. The summed E-state index contributed by atoms with van der Waals surface area (Å²) >= 11 is 3.23. The van der Waals surface area contributed by atoms with E-state index in [0.717, 1.165) is 0 Å². The van der Waals surface area contributed by atoms with E-state index in [2.05, 4.69) is 21.2 Å². The molecule has 0 bridgehead atoms. The molecule has 1 atom stereocenters. The number of anilines is 1. The Balaban J connectivity index is 2.05. The second kappa shape index (κ2) is 7.05. The molecule has 1 aliphatic rings. The lowest BCUT2D eigenvalue weighted by Crippen LogP contribution is -2.23. The van der Waals surface area contributed by atoms with Gasteiger partial charge in [0, 0.05) is 11.6 Å². The zero-order valence-corrected chi connectivity index (χ0v) is 14.6. The summed E-state index contributed by atoms with van der Waals surface area (Å²) in [6.07, 6.45) is 0. The number of rotatable bonds is 4. The molecule has 1 heterocycles. The van der Waals surface area contributed by atoms with Crippen molar-refractivity contribution in [1.82, 2.24) is 0 Å². The molecule has 2 aromatic carbocycles. The van der Waals surface area contributed by atoms with E-state index in [9.17, 15) is 9.59 Å². The number of nitrogens with one attached hydrogen (secondary N) is 1. The number of hydrogen-bond donors (Lipinski definition) is 1. The van der Waals surface area contributed by atoms with Gasteiger partial charge in [0.05, 0.1) is 16.1 Å². The third-order valence-corrected chi connectivity index (χ3v) is 4.00. The number of carbonyl (C=O) groups is 2. The smallest absolute Gasteiger partial charge is 0.237 e. The maximum atomic E-state index is 12.8. The lowest BCUT2D eigenvalue weighted by Gasteiger charge is -2.21. The first-order chi connectivity index (χ1) is 11.6. The number of hydrogen-bond acceptors (Lipinski definition) is 4. The van der Waals surface area contributed by atoms with Crippen molar-refractivity contribution in [1.29, 1.82) is 0 Å². The normalized spacial score (nSPS) is 13.9. The van der Waals surface area contributed by atoms with Gasteiger partial charge >= 0.3 is 0 Å². The summed E-state index contributed by atoms with van der Waals surface area (Å²) in [6.45, 7) is 2.57. The minimum absolute atomic E-state index is 0.190. The van der Waals surface area contributed by atoms with E-state index >= 15 is 0 Å². The Kier molecular flexibility index (Phi) is 4.85. The van der Waals surface area contributed by atoms with Gasteiger partial charge < -0.3 is 14.8 Å². The summed E-state index contributed by atoms with van der Waals surface area (Å²) in [5, 5.41) is 2.77. The van der Waals surface area contributed by atoms with Crippen LogP contribution in [0.4, 0.5) is 5.69 Å². The van der Waals surface area contributed by atoms with Crippen LogP contribution < -0.4 is 14.8 Å². The van der Waals surface area contributed by atoms with Crippen molar-refractivity contribution in [3.05, 3.63) is 53.6 Å². The molecule has 0 radical (unpaired) electrons. The second-order valence-electron chi connectivity index (χ2n) is 5.34. The molecule has 124 valence electrons. The number of carbonyl (C=O) groups excluding carboxylic acids is 2. The van der Waals surface area contributed by atoms with Crippen LogP contribution in [0.5, 0.6) is 11.5 Å². The number of benzene rings is 2. The van der Waals surface area contributed by atoms with Crippen LogP contribution in [0.2, 0.25) is 0 Å².